The molecule has 2 atom stereocenters. The Morgan fingerprint density at radius 1 is 1.11 bits per heavy atom. The monoisotopic (exact) mass is 257 g/mol. The average molecular weight is 257 g/mol. The number of rotatable bonds is 3. The Kier molecular flexibility index (Phi) is 4.70. The van der Waals surface area contributed by atoms with Crippen molar-refractivity contribution in [3.05, 3.63) is 11.8 Å². The molecule has 0 aromatic carbocycles. The van der Waals surface area contributed by atoms with E-state index in [4.69, 9.17) is 0 Å². The van der Waals surface area contributed by atoms with Crippen LogP contribution in [-0.2, 0) is 28.6 Å². The van der Waals surface area contributed by atoms with Crippen LogP contribution in [-0.4, -0.2) is 45.3 Å². The summed E-state index contributed by atoms with van der Waals surface area (Å²) in [6.45, 7) is 0. The van der Waals surface area contributed by atoms with Crippen molar-refractivity contribution in [2.24, 2.45) is 5.92 Å². The van der Waals surface area contributed by atoms with Gasteiger partial charge in [-0.3, -0.25) is 4.79 Å². The molecule has 0 spiro atoms. The van der Waals surface area contributed by atoms with Gasteiger partial charge in [0.15, 0.2) is 0 Å². The molecule has 0 aromatic heterocycles. The molecule has 7 nitrogen and oxygen atoms in total. The van der Waals surface area contributed by atoms with Gasteiger partial charge < -0.3 is 19.5 Å². The van der Waals surface area contributed by atoms with Crippen LogP contribution in [0, 0.1) is 5.92 Å². The maximum atomic E-state index is 11.6. The molecule has 0 saturated carbocycles. The van der Waals surface area contributed by atoms with E-state index < -0.39 is 29.9 Å². The smallest absolute Gasteiger partial charge is 0.336 e. The number of hydrogen-bond acceptors (Lipinski definition) is 7. The first-order valence-corrected chi connectivity index (χ1v) is 5.25. The van der Waals surface area contributed by atoms with Crippen molar-refractivity contribution in [2.75, 3.05) is 21.3 Å². The lowest BCUT2D eigenvalue weighted by Crippen LogP contribution is -2.43. The highest BCUT2D eigenvalue weighted by Gasteiger charge is 2.37. The van der Waals surface area contributed by atoms with Crippen LogP contribution in [0.2, 0.25) is 0 Å². The van der Waals surface area contributed by atoms with Gasteiger partial charge in [-0.1, -0.05) is 0 Å². The minimum Gasteiger partial charge on any atom is -0.469 e. The zero-order chi connectivity index (χ0) is 13.7. The highest BCUT2D eigenvalue weighted by atomic mass is 16.5. The van der Waals surface area contributed by atoms with Crippen LogP contribution in [0.3, 0.4) is 0 Å². The molecule has 7 heteroatoms. The summed E-state index contributed by atoms with van der Waals surface area (Å²) in [7, 11) is 3.67. The fraction of sp³-hybridized carbons (Fsp3) is 0.545. The summed E-state index contributed by atoms with van der Waals surface area (Å²) in [5.41, 5.74) is 0.129. The Balaban J connectivity index is 2.96. The first-order chi connectivity index (χ1) is 8.54. The second-order valence-electron chi connectivity index (χ2n) is 3.65. The molecule has 0 aliphatic carbocycles. The third-order valence-corrected chi connectivity index (χ3v) is 2.68. The van der Waals surface area contributed by atoms with Crippen molar-refractivity contribution in [2.45, 2.75) is 12.5 Å². The van der Waals surface area contributed by atoms with Crippen LogP contribution in [0.25, 0.3) is 0 Å². The molecule has 0 saturated heterocycles. The number of methoxy groups -OCH3 is 3. The summed E-state index contributed by atoms with van der Waals surface area (Å²) in [5.74, 6) is -2.58. The van der Waals surface area contributed by atoms with E-state index in [1.54, 1.807) is 0 Å². The van der Waals surface area contributed by atoms with E-state index in [1.807, 2.05) is 0 Å². The van der Waals surface area contributed by atoms with Crippen molar-refractivity contribution >= 4 is 17.9 Å². The lowest BCUT2D eigenvalue weighted by molar-refractivity contribution is -0.150. The van der Waals surface area contributed by atoms with E-state index in [0.29, 0.717) is 0 Å². The van der Waals surface area contributed by atoms with Gasteiger partial charge in [0.25, 0.3) is 0 Å². The summed E-state index contributed by atoms with van der Waals surface area (Å²) in [5, 5.41) is 2.70. The van der Waals surface area contributed by atoms with E-state index in [1.165, 1.54) is 27.5 Å². The maximum absolute atomic E-state index is 11.6. The second kappa shape index (κ2) is 6.04. The molecule has 0 unspecified atom stereocenters. The summed E-state index contributed by atoms with van der Waals surface area (Å²) < 4.78 is 13.7. The highest BCUT2D eigenvalue weighted by Crippen LogP contribution is 2.24. The summed E-state index contributed by atoms with van der Waals surface area (Å²) in [6.07, 6.45) is 1.37. The van der Waals surface area contributed by atoms with Crippen molar-refractivity contribution in [1.82, 2.24) is 5.32 Å². The Morgan fingerprint density at radius 3 is 2.22 bits per heavy atom. The molecule has 100 valence electrons. The molecule has 0 radical (unpaired) electrons. The van der Waals surface area contributed by atoms with Gasteiger partial charge in [-0.05, 0) is 6.42 Å². The molecular formula is C11H15NO6. The van der Waals surface area contributed by atoms with Gasteiger partial charge >= 0.3 is 17.9 Å². The summed E-state index contributed by atoms with van der Waals surface area (Å²) in [6, 6.07) is -0.687. The fourth-order valence-corrected chi connectivity index (χ4v) is 1.71. The van der Waals surface area contributed by atoms with E-state index in [0.717, 1.165) is 0 Å². The fourth-order valence-electron chi connectivity index (χ4n) is 1.71. The minimum absolute atomic E-state index is 0.0836. The third-order valence-electron chi connectivity index (χ3n) is 2.68. The lowest BCUT2D eigenvalue weighted by Gasteiger charge is -2.26. The van der Waals surface area contributed by atoms with Crippen LogP contribution in [0.5, 0.6) is 0 Å². The van der Waals surface area contributed by atoms with Gasteiger partial charge in [0.1, 0.15) is 6.04 Å². The van der Waals surface area contributed by atoms with E-state index in [2.05, 4.69) is 19.5 Å². The summed E-state index contributed by atoms with van der Waals surface area (Å²) >= 11 is 0. The van der Waals surface area contributed by atoms with Crippen LogP contribution < -0.4 is 5.32 Å². The van der Waals surface area contributed by atoms with Gasteiger partial charge in [0.2, 0.25) is 0 Å². The predicted molar refractivity (Wildman–Crippen MR) is 59.2 cm³/mol. The first kappa shape index (κ1) is 14.0. The minimum atomic E-state index is -0.840. The molecule has 1 heterocycles. The second-order valence-corrected chi connectivity index (χ2v) is 3.65. The zero-order valence-electron chi connectivity index (χ0n) is 10.4. The molecule has 1 aliphatic rings. The van der Waals surface area contributed by atoms with Crippen molar-refractivity contribution < 1.29 is 28.6 Å². The number of carbonyl (C=O) groups excluding carboxylic acids is 3. The highest BCUT2D eigenvalue weighted by molar-refractivity contribution is 5.96. The molecule has 1 N–H and O–H groups in total. The standard InChI is InChI=1S/C11H15NO6/c1-16-9(13)6-4-8(11(15)18-3)12-5-7(6)10(14)17-2/h5-6,8,12H,4H2,1-3H3/t6-,8-/m0/s1. The Bertz CT molecular complexity index is 389. The predicted octanol–water partition coefficient (Wildman–Crippen LogP) is -0.633. The summed E-state index contributed by atoms with van der Waals surface area (Å²) in [4.78, 5) is 34.5. The molecule has 1 rings (SSSR count). The lowest BCUT2D eigenvalue weighted by atomic mass is 9.89. The first-order valence-electron chi connectivity index (χ1n) is 5.25. The molecule has 18 heavy (non-hydrogen) atoms. The van der Waals surface area contributed by atoms with Crippen LogP contribution >= 0.6 is 0 Å². The largest absolute Gasteiger partial charge is 0.469 e. The Hall–Kier alpha value is -2.05. The molecule has 0 aromatic rings. The van der Waals surface area contributed by atoms with Crippen LogP contribution in [0.1, 0.15) is 6.42 Å². The molecule has 1 aliphatic heterocycles. The van der Waals surface area contributed by atoms with E-state index in [-0.39, 0.29) is 12.0 Å². The van der Waals surface area contributed by atoms with Gasteiger partial charge in [0.05, 0.1) is 32.8 Å². The molecular weight excluding hydrogens is 242 g/mol. The van der Waals surface area contributed by atoms with Gasteiger partial charge in [-0.15, -0.1) is 0 Å². The van der Waals surface area contributed by atoms with E-state index in [9.17, 15) is 14.4 Å². The quantitative estimate of drug-likeness (QED) is 0.531. The zero-order valence-corrected chi connectivity index (χ0v) is 10.4. The van der Waals surface area contributed by atoms with Crippen LogP contribution in [0.4, 0.5) is 0 Å². The average Bonchev–Trinajstić information content (AvgIpc) is 2.43. The number of ether oxygens (including phenoxy) is 3. The van der Waals surface area contributed by atoms with Crippen molar-refractivity contribution in [3.8, 4) is 0 Å². The number of nitrogens with one attached hydrogen (secondary N) is 1. The van der Waals surface area contributed by atoms with Gasteiger partial charge in [-0.2, -0.15) is 0 Å². The van der Waals surface area contributed by atoms with Crippen molar-refractivity contribution in [1.29, 1.82) is 0 Å². The van der Waals surface area contributed by atoms with Gasteiger partial charge in [0, 0.05) is 6.20 Å². The Labute approximate surface area is 104 Å². The third kappa shape index (κ3) is 2.79. The maximum Gasteiger partial charge on any atom is 0.336 e. The number of hydrogen-bond donors (Lipinski definition) is 1. The van der Waals surface area contributed by atoms with E-state index >= 15 is 0 Å². The molecule has 0 bridgehead atoms. The Morgan fingerprint density at radius 2 is 1.72 bits per heavy atom. The topological polar surface area (TPSA) is 90.9 Å². The number of carbonyl (C=O) groups is 3. The molecule has 0 fully saturated rings. The van der Waals surface area contributed by atoms with Crippen molar-refractivity contribution in [3.63, 3.8) is 0 Å². The normalized spacial score (nSPS) is 22.3. The SMILES string of the molecule is COC(=O)C1=CN[C@H](C(=O)OC)C[C@@H]1C(=O)OC. The number of esters is 3. The molecule has 0 amide bonds. The van der Waals surface area contributed by atoms with Gasteiger partial charge in [-0.25, -0.2) is 9.59 Å². The van der Waals surface area contributed by atoms with Crippen LogP contribution in [0.15, 0.2) is 11.8 Å².